The van der Waals surface area contributed by atoms with Gasteiger partial charge >= 0.3 is 5.69 Å². The van der Waals surface area contributed by atoms with Crippen LogP contribution < -0.4 is 16.6 Å². The number of hydrogen-bond donors (Lipinski definition) is 1. The summed E-state index contributed by atoms with van der Waals surface area (Å²) in [4.78, 5) is 47.0. The second-order valence-corrected chi connectivity index (χ2v) is 7.34. The summed E-state index contributed by atoms with van der Waals surface area (Å²) in [7, 11) is 0. The summed E-state index contributed by atoms with van der Waals surface area (Å²) < 4.78 is 2.21. The number of fused-ring (bicyclic) bond motifs is 1. The Morgan fingerprint density at radius 2 is 1.74 bits per heavy atom. The van der Waals surface area contributed by atoms with E-state index in [2.05, 4.69) is 15.3 Å². The lowest BCUT2D eigenvalue weighted by molar-refractivity contribution is -0.116. The van der Waals surface area contributed by atoms with E-state index in [0.717, 1.165) is 14.7 Å². The van der Waals surface area contributed by atoms with Gasteiger partial charge in [-0.2, -0.15) is 0 Å². The Bertz CT molecular complexity index is 1400. The molecule has 1 amide bonds. The molecular formula is C22H18ClN5O3. The van der Waals surface area contributed by atoms with Crippen LogP contribution in [0.1, 0.15) is 11.1 Å². The molecule has 0 spiro atoms. The number of rotatable bonds is 5. The Balaban J connectivity index is 1.76. The van der Waals surface area contributed by atoms with Crippen molar-refractivity contribution in [3.8, 4) is 0 Å². The normalized spacial score (nSPS) is 10.9. The van der Waals surface area contributed by atoms with Crippen molar-refractivity contribution < 1.29 is 4.79 Å². The molecule has 9 heteroatoms. The number of anilines is 1. The van der Waals surface area contributed by atoms with Gasteiger partial charge in [0.25, 0.3) is 5.56 Å². The highest BCUT2D eigenvalue weighted by molar-refractivity contribution is 6.31. The molecule has 0 saturated heterocycles. The molecule has 2 aromatic carbocycles. The molecule has 1 N–H and O–H groups in total. The van der Waals surface area contributed by atoms with E-state index < -0.39 is 17.2 Å². The first kappa shape index (κ1) is 20.5. The molecular weight excluding hydrogens is 418 g/mol. The molecule has 156 valence electrons. The van der Waals surface area contributed by atoms with Gasteiger partial charge in [0.05, 0.1) is 6.54 Å². The highest BCUT2D eigenvalue weighted by atomic mass is 35.5. The lowest BCUT2D eigenvalue weighted by Crippen LogP contribution is -2.42. The maximum atomic E-state index is 13.2. The number of carbonyl (C=O) groups excluding carboxylic acids is 1. The Morgan fingerprint density at radius 3 is 2.52 bits per heavy atom. The average molecular weight is 436 g/mol. The Kier molecular flexibility index (Phi) is 5.64. The van der Waals surface area contributed by atoms with Crippen LogP contribution in [0, 0.1) is 6.92 Å². The number of amides is 1. The molecule has 0 unspecified atom stereocenters. The standard InChI is InChI=1S/C22H18ClN5O3/c1-14-16(23)8-5-9-17(14)26-18(29)13-27-20-19(24-10-11-25-20)21(30)28(22(27)31)12-15-6-3-2-4-7-15/h2-11H,12-13H2,1H3,(H,26,29). The first-order valence-corrected chi connectivity index (χ1v) is 9.86. The minimum absolute atomic E-state index is 0.0183. The van der Waals surface area contributed by atoms with Crippen LogP contribution in [-0.4, -0.2) is 25.0 Å². The molecule has 4 aromatic rings. The Morgan fingerprint density at radius 1 is 1.00 bits per heavy atom. The minimum Gasteiger partial charge on any atom is -0.324 e. The average Bonchev–Trinajstić information content (AvgIpc) is 2.78. The summed E-state index contributed by atoms with van der Waals surface area (Å²) in [6.07, 6.45) is 2.75. The van der Waals surface area contributed by atoms with Gasteiger partial charge in [0.1, 0.15) is 6.54 Å². The van der Waals surface area contributed by atoms with E-state index in [1.807, 2.05) is 30.3 Å². The Labute approximate surface area is 181 Å². The van der Waals surface area contributed by atoms with E-state index in [4.69, 9.17) is 11.6 Å². The van der Waals surface area contributed by atoms with Gasteiger partial charge in [-0.05, 0) is 30.2 Å². The van der Waals surface area contributed by atoms with Gasteiger partial charge in [0.2, 0.25) is 5.91 Å². The number of nitrogens with zero attached hydrogens (tertiary/aromatic N) is 4. The van der Waals surface area contributed by atoms with Crippen LogP contribution in [0.25, 0.3) is 11.2 Å². The van der Waals surface area contributed by atoms with E-state index >= 15 is 0 Å². The maximum Gasteiger partial charge on any atom is 0.333 e. The van der Waals surface area contributed by atoms with Crippen molar-refractivity contribution >= 4 is 34.4 Å². The molecule has 31 heavy (non-hydrogen) atoms. The monoisotopic (exact) mass is 435 g/mol. The SMILES string of the molecule is Cc1c(Cl)cccc1NC(=O)Cn1c(=O)n(Cc2ccccc2)c(=O)c2nccnc21. The lowest BCUT2D eigenvalue weighted by atomic mass is 10.2. The predicted octanol–water partition coefficient (Wildman–Crippen LogP) is 2.60. The first-order chi connectivity index (χ1) is 15.0. The summed E-state index contributed by atoms with van der Waals surface area (Å²) in [5.74, 6) is -0.454. The summed E-state index contributed by atoms with van der Waals surface area (Å²) >= 11 is 6.11. The van der Waals surface area contributed by atoms with Gasteiger partial charge in [0.15, 0.2) is 11.2 Å². The van der Waals surface area contributed by atoms with E-state index in [1.165, 1.54) is 12.4 Å². The lowest BCUT2D eigenvalue weighted by Gasteiger charge is -2.14. The smallest absolute Gasteiger partial charge is 0.324 e. The molecule has 0 fully saturated rings. The molecule has 0 aliphatic heterocycles. The molecule has 0 aliphatic carbocycles. The van der Waals surface area contributed by atoms with Gasteiger partial charge in [-0.15, -0.1) is 0 Å². The zero-order valence-corrected chi connectivity index (χ0v) is 17.3. The van der Waals surface area contributed by atoms with Gasteiger partial charge in [0, 0.05) is 23.1 Å². The second kappa shape index (κ2) is 8.53. The van der Waals surface area contributed by atoms with Crippen LogP contribution in [0.4, 0.5) is 5.69 Å². The third kappa shape index (κ3) is 4.10. The molecule has 0 saturated carbocycles. The van der Waals surface area contributed by atoms with Crippen molar-refractivity contribution in [2.75, 3.05) is 5.32 Å². The Hall–Kier alpha value is -3.78. The van der Waals surface area contributed by atoms with E-state index in [1.54, 1.807) is 25.1 Å². The third-order valence-corrected chi connectivity index (χ3v) is 5.28. The quantitative estimate of drug-likeness (QED) is 0.519. The van der Waals surface area contributed by atoms with Crippen molar-refractivity contribution in [1.82, 2.24) is 19.1 Å². The number of aromatic nitrogens is 4. The number of nitrogens with one attached hydrogen (secondary N) is 1. The minimum atomic E-state index is -0.639. The van der Waals surface area contributed by atoms with Crippen LogP contribution in [0.5, 0.6) is 0 Å². The highest BCUT2D eigenvalue weighted by Crippen LogP contribution is 2.22. The van der Waals surface area contributed by atoms with Crippen LogP contribution in [-0.2, 0) is 17.9 Å². The summed E-state index contributed by atoms with van der Waals surface area (Å²) in [5.41, 5.74) is 0.904. The number of benzene rings is 2. The molecule has 2 aromatic heterocycles. The fourth-order valence-corrected chi connectivity index (χ4v) is 3.43. The predicted molar refractivity (Wildman–Crippen MR) is 118 cm³/mol. The van der Waals surface area contributed by atoms with E-state index in [9.17, 15) is 14.4 Å². The van der Waals surface area contributed by atoms with Crippen LogP contribution >= 0.6 is 11.6 Å². The largest absolute Gasteiger partial charge is 0.333 e. The van der Waals surface area contributed by atoms with Crippen molar-refractivity contribution in [1.29, 1.82) is 0 Å². The number of hydrogen-bond acceptors (Lipinski definition) is 5. The fraction of sp³-hybridized carbons (Fsp3) is 0.136. The zero-order chi connectivity index (χ0) is 22.0. The number of carbonyl (C=O) groups is 1. The second-order valence-electron chi connectivity index (χ2n) is 6.93. The molecule has 8 nitrogen and oxygen atoms in total. The molecule has 4 rings (SSSR count). The van der Waals surface area contributed by atoms with Gasteiger partial charge in [-0.3, -0.25) is 18.7 Å². The van der Waals surface area contributed by atoms with Crippen LogP contribution in [0.2, 0.25) is 5.02 Å². The van der Waals surface area contributed by atoms with Crippen molar-refractivity contribution in [3.63, 3.8) is 0 Å². The van der Waals surface area contributed by atoms with E-state index in [0.29, 0.717) is 16.3 Å². The van der Waals surface area contributed by atoms with Gasteiger partial charge in [-0.1, -0.05) is 48.0 Å². The van der Waals surface area contributed by atoms with Gasteiger partial charge < -0.3 is 5.32 Å². The molecule has 0 radical (unpaired) electrons. The topological polar surface area (TPSA) is 98.9 Å². The summed E-state index contributed by atoms with van der Waals surface area (Å²) in [6, 6.07) is 14.3. The highest BCUT2D eigenvalue weighted by Gasteiger charge is 2.18. The summed E-state index contributed by atoms with van der Waals surface area (Å²) in [5, 5.41) is 3.27. The maximum absolute atomic E-state index is 13.2. The molecule has 2 heterocycles. The third-order valence-electron chi connectivity index (χ3n) is 4.87. The van der Waals surface area contributed by atoms with Crippen LogP contribution in [0.15, 0.2) is 70.5 Å². The first-order valence-electron chi connectivity index (χ1n) is 9.49. The van der Waals surface area contributed by atoms with Crippen molar-refractivity contribution in [2.45, 2.75) is 20.0 Å². The van der Waals surface area contributed by atoms with Crippen LogP contribution in [0.3, 0.4) is 0 Å². The molecule has 0 aliphatic rings. The van der Waals surface area contributed by atoms with Crippen molar-refractivity contribution in [3.05, 3.63) is 97.9 Å². The van der Waals surface area contributed by atoms with Crippen molar-refractivity contribution in [2.24, 2.45) is 0 Å². The number of halogens is 1. The van der Waals surface area contributed by atoms with E-state index in [-0.39, 0.29) is 24.3 Å². The summed E-state index contributed by atoms with van der Waals surface area (Å²) in [6.45, 7) is 1.50. The van der Waals surface area contributed by atoms with Gasteiger partial charge in [-0.25, -0.2) is 14.8 Å². The fourth-order valence-electron chi connectivity index (χ4n) is 3.25. The molecule has 0 atom stereocenters. The zero-order valence-electron chi connectivity index (χ0n) is 16.6. The molecule has 0 bridgehead atoms.